The molecule has 0 aliphatic carbocycles. The monoisotopic (exact) mass is 325 g/mol. The van der Waals surface area contributed by atoms with Crippen LogP contribution in [0.1, 0.15) is 45.6 Å². The van der Waals surface area contributed by atoms with Gasteiger partial charge in [-0.05, 0) is 41.9 Å². The fraction of sp³-hybridized carbons (Fsp3) is 0.455. The lowest BCUT2D eigenvalue weighted by molar-refractivity contribution is 0.145. The van der Waals surface area contributed by atoms with Crippen molar-refractivity contribution in [2.75, 3.05) is 13.2 Å². The van der Waals surface area contributed by atoms with Crippen LogP contribution < -0.4 is 5.32 Å². The number of dihydropyridines is 1. The average Bonchev–Trinajstić information content (AvgIpc) is 2.61. The first-order chi connectivity index (χ1) is 11.7. The predicted octanol–water partition coefficient (Wildman–Crippen LogP) is 5.34. The lowest BCUT2D eigenvalue weighted by atomic mass is 10.0. The van der Waals surface area contributed by atoms with Gasteiger partial charge < -0.3 is 10.1 Å². The molecule has 0 saturated heterocycles. The van der Waals surface area contributed by atoms with Crippen molar-refractivity contribution in [1.29, 1.82) is 0 Å². The maximum Gasteiger partial charge on any atom is 0.0679 e. The topological polar surface area (TPSA) is 21.3 Å². The molecule has 0 bridgehead atoms. The fourth-order valence-corrected chi connectivity index (χ4v) is 2.83. The maximum absolute atomic E-state index is 5.86. The Labute approximate surface area is 147 Å². The summed E-state index contributed by atoms with van der Waals surface area (Å²) in [7, 11) is 0. The molecule has 1 unspecified atom stereocenters. The summed E-state index contributed by atoms with van der Waals surface area (Å²) in [6.07, 6.45) is 12.2. The number of allylic oxidation sites excluding steroid dienone is 3. The maximum atomic E-state index is 5.86. The van der Waals surface area contributed by atoms with Crippen LogP contribution in [0.4, 0.5) is 0 Å². The Kier molecular flexibility index (Phi) is 7.84. The van der Waals surface area contributed by atoms with E-state index in [1.807, 2.05) is 6.07 Å². The van der Waals surface area contributed by atoms with Crippen molar-refractivity contribution in [1.82, 2.24) is 5.32 Å². The van der Waals surface area contributed by atoms with Gasteiger partial charge in [-0.2, -0.15) is 0 Å². The molecule has 0 amide bonds. The standard InChI is InChI=1S/C22H31NO/c1-4-9-21(18(2)3)17-24-15-8-12-22-14-13-20(16-23-22)19-10-6-5-7-11-19/h5-7,9-11,13-14,16,18,22-23H,4,8,12,15,17H2,1-3H3/b21-9+. The minimum atomic E-state index is 0.414. The van der Waals surface area contributed by atoms with Crippen molar-refractivity contribution in [3.63, 3.8) is 0 Å². The second-order valence-electron chi connectivity index (χ2n) is 6.63. The zero-order valence-electron chi connectivity index (χ0n) is 15.3. The molecule has 1 heterocycles. The number of nitrogens with one attached hydrogen (secondary N) is 1. The molecule has 2 nitrogen and oxygen atoms in total. The highest BCUT2D eigenvalue weighted by Crippen LogP contribution is 2.19. The highest BCUT2D eigenvalue weighted by atomic mass is 16.5. The van der Waals surface area contributed by atoms with Crippen LogP contribution >= 0.6 is 0 Å². The second-order valence-corrected chi connectivity index (χ2v) is 6.63. The van der Waals surface area contributed by atoms with Gasteiger partial charge >= 0.3 is 0 Å². The highest BCUT2D eigenvalue weighted by molar-refractivity contribution is 5.74. The Morgan fingerprint density at radius 2 is 2.04 bits per heavy atom. The van der Waals surface area contributed by atoms with Crippen LogP contribution in [0.15, 0.2) is 60.3 Å². The van der Waals surface area contributed by atoms with Crippen LogP contribution in [0.3, 0.4) is 0 Å². The van der Waals surface area contributed by atoms with Gasteiger partial charge in [-0.1, -0.05) is 69.3 Å². The Morgan fingerprint density at radius 3 is 2.67 bits per heavy atom. The van der Waals surface area contributed by atoms with Gasteiger partial charge in [0, 0.05) is 18.8 Å². The van der Waals surface area contributed by atoms with Gasteiger partial charge in [-0.15, -0.1) is 0 Å². The Morgan fingerprint density at radius 1 is 1.25 bits per heavy atom. The van der Waals surface area contributed by atoms with E-state index in [0.717, 1.165) is 32.5 Å². The van der Waals surface area contributed by atoms with E-state index in [-0.39, 0.29) is 0 Å². The number of ether oxygens (including phenoxy) is 1. The van der Waals surface area contributed by atoms with E-state index in [9.17, 15) is 0 Å². The normalized spacial score (nSPS) is 17.8. The third-order valence-corrected chi connectivity index (χ3v) is 4.35. The fourth-order valence-electron chi connectivity index (χ4n) is 2.83. The minimum Gasteiger partial charge on any atom is -0.384 e. The van der Waals surface area contributed by atoms with E-state index >= 15 is 0 Å². The molecule has 0 radical (unpaired) electrons. The molecular formula is C22H31NO. The van der Waals surface area contributed by atoms with E-state index in [4.69, 9.17) is 4.74 Å². The first kappa shape index (κ1) is 18.5. The van der Waals surface area contributed by atoms with Crippen LogP contribution in [0.5, 0.6) is 0 Å². The van der Waals surface area contributed by atoms with E-state index in [0.29, 0.717) is 12.0 Å². The second kappa shape index (κ2) is 10.1. The summed E-state index contributed by atoms with van der Waals surface area (Å²) < 4.78 is 5.86. The van der Waals surface area contributed by atoms with Crippen molar-refractivity contribution in [2.24, 2.45) is 5.92 Å². The first-order valence-electron chi connectivity index (χ1n) is 9.17. The van der Waals surface area contributed by atoms with E-state index < -0.39 is 0 Å². The van der Waals surface area contributed by atoms with Crippen LogP contribution in [-0.2, 0) is 4.74 Å². The zero-order chi connectivity index (χ0) is 17.2. The lowest BCUT2D eigenvalue weighted by Gasteiger charge is -2.19. The van der Waals surface area contributed by atoms with Crippen molar-refractivity contribution in [2.45, 2.75) is 46.1 Å². The van der Waals surface area contributed by atoms with E-state index in [1.54, 1.807) is 0 Å². The van der Waals surface area contributed by atoms with Gasteiger partial charge in [0.1, 0.15) is 0 Å². The molecule has 2 rings (SSSR count). The molecule has 1 aliphatic rings. The Hall–Kier alpha value is -1.80. The lowest BCUT2D eigenvalue weighted by Crippen LogP contribution is -2.25. The Balaban J connectivity index is 1.66. The number of benzene rings is 1. The molecular weight excluding hydrogens is 294 g/mol. The summed E-state index contributed by atoms with van der Waals surface area (Å²) in [5.41, 5.74) is 3.92. The number of rotatable bonds is 9. The SMILES string of the molecule is CC/C=C(\COCCCC1C=CC(c2ccccc2)=CN1)C(C)C. The molecule has 0 aromatic heterocycles. The summed E-state index contributed by atoms with van der Waals surface area (Å²) in [6, 6.07) is 10.9. The highest BCUT2D eigenvalue weighted by Gasteiger charge is 2.09. The molecule has 1 atom stereocenters. The van der Waals surface area contributed by atoms with Crippen LogP contribution in [0.25, 0.3) is 5.57 Å². The van der Waals surface area contributed by atoms with Crippen molar-refractivity contribution in [3.05, 3.63) is 65.9 Å². The molecule has 1 aromatic carbocycles. The van der Waals surface area contributed by atoms with Crippen LogP contribution in [0.2, 0.25) is 0 Å². The molecule has 0 spiro atoms. The molecule has 1 N–H and O–H groups in total. The van der Waals surface area contributed by atoms with Crippen LogP contribution in [-0.4, -0.2) is 19.3 Å². The third kappa shape index (κ3) is 6.01. The summed E-state index contributed by atoms with van der Waals surface area (Å²) in [5.74, 6) is 0.578. The van der Waals surface area contributed by atoms with Gasteiger partial charge in [-0.25, -0.2) is 0 Å². The molecule has 1 aromatic rings. The van der Waals surface area contributed by atoms with E-state index in [1.165, 1.54) is 16.7 Å². The summed E-state index contributed by atoms with van der Waals surface area (Å²) in [4.78, 5) is 0. The molecule has 1 aliphatic heterocycles. The molecule has 2 heteroatoms. The largest absolute Gasteiger partial charge is 0.384 e. The third-order valence-electron chi connectivity index (χ3n) is 4.35. The van der Waals surface area contributed by atoms with Gasteiger partial charge in [0.25, 0.3) is 0 Å². The summed E-state index contributed by atoms with van der Waals surface area (Å²) >= 11 is 0. The van der Waals surface area contributed by atoms with Gasteiger partial charge in [0.15, 0.2) is 0 Å². The quantitative estimate of drug-likeness (QED) is 0.488. The number of hydrogen-bond donors (Lipinski definition) is 1. The smallest absolute Gasteiger partial charge is 0.0679 e. The van der Waals surface area contributed by atoms with Crippen molar-refractivity contribution < 1.29 is 4.74 Å². The van der Waals surface area contributed by atoms with Gasteiger partial charge in [-0.3, -0.25) is 0 Å². The van der Waals surface area contributed by atoms with Crippen LogP contribution in [0, 0.1) is 5.92 Å². The molecule has 0 saturated carbocycles. The predicted molar refractivity (Wildman–Crippen MR) is 104 cm³/mol. The van der Waals surface area contributed by atoms with Crippen molar-refractivity contribution >= 4 is 5.57 Å². The summed E-state index contributed by atoms with van der Waals surface area (Å²) in [6.45, 7) is 8.25. The molecule has 0 fully saturated rings. The molecule has 130 valence electrons. The first-order valence-corrected chi connectivity index (χ1v) is 9.17. The van der Waals surface area contributed by atoms with Crippen molar-refractivity contribution in [3.8, 4) is 0 Å². The molecule has 24 heavy (non-hydrogen) atoms. The minimum absolute atomic E-state index is 0.414. The Bertz CT molecular complexity index is 569. The van der Waals surface area contributed by atoms with E-state index in [2.05, 4.69) is 74.8 Å². The van der Waals surface area contributed by atoms with Gasteiger partial charge in [0.05, 0.1) is 6.61 Å². The van der Waals surface area contributed by atoms with Gasteiger partial charge in [0.2, 0.25) is 0 Å². The number of hydrogen-bond acceptors (Lipinski definition) is 2. The summed E-state index contributed by atoms with van der Waals surface area (Å²) in [5, 5.41) is 3.49. The zero-order valence-corrected chi connectivity index (χ0v) is 15.3. The average molecular weight is 325 g/mol.